The molecular formula is C13H20N2O4. The van der Waals surface area contributed by atoms with Crippen molar-refractivity contribution < 1.29 is 19.4 Å². The Labute approximate surface area is 112 Å². The van der Waals surface area contributed by atoms with Gasteiger partial charge < -0.3 is 25.2 Å². The molecule has 0 fully saturated rings. The predicted molar refractivity (Wildman–Crippen MR) is 72.1 cm³/mol. The number of hydrogen-bond acceptors (Lipinski definition) is 5. The molecule has 0 aromatic heterocycles. The molecular weight excluding hydrogens is 248 g/mol. The van der Waals surface area contributed by atoms with Crippen LogP contribution in [0, 0.1) is 0 Å². The van der Waals surface area contributed by atoms with Gasteiger partial charge in [0, 0.05) is 25.7 Å². The van der Waals surface area contributed by atoms with Crippen molar-refractivity contribution in [2.24, 2.45) is 10.9 Å². The quantitative estimate of drug-likeness (QED) is 0.246. The van der Waals surface area contributed by atoms with E-state index in [1.165, 1.54) is 0 Å². The van der Waals surface area contributed by atoms with Crippen molar-refractivity contribution in [3.8, 4) is 11.5 Å². The minimum Gasteiger partial charge on any atom is -0.490 e. The molecule has 0 aliphatic heterocycles. The molecule has 0 aliphatic carbocycles. The minimum absolute atomic E-state index is 0.0342. The Morgan fingerprint density at radius 3 is 2.68 bits per heavy atom. The lowest BCUT2D eigenvalue weighted by atomic mass is 10.2. The van der Waals surface area contributed by atoms with Crippen molar-refractivity contribution in [2.45, 2.75) is 13.3 Å². The van der Waals surface area contributed by atoms with Crippen LogP contribution >= 0.6 is 0 Å². The highest BCUT2D eigenvalue weighted by Crippen LogP contribution is 2.28. The lowest BCUT2D eigenvalue weighted by Crippen LogP contribution is -2.13. The van der Waals surface area contributed by atoms with Gasteiger partial charge in [-0.1, -0.05) is 5.16 Å². The first-order chi connectivity index (χ1) is 9.22. The Kier molecular flexibility index (Phi) is 6.52. The molecule has 106 valence electrons. The van der Waals surface area contributed by atoms with Gasteiger partial charge in [0.2, 0.25) is 0 Å². The van der Waals surface area contributed by atoms with E-state index < -0.39 is 0 Å². The van der Waals surface area contributed by atoms with E-state index in [-0.39, 0.29) is 5.84 Å². The normalized spacial score (nSPS) is 11.4. The molecule has 0 unspecified atom stereocenters. The Morgan fingerprint density at radius 1 is 1.26 bits per heavy atom. The standard InChI is InChI=1S/C13H20N2O4/c1-3-18-12-9-10(13(14)15-16)5-6-11(12)19-8-4-7-17-2/h5-6,9,16H,3-4,7-8H2,1-2H3,(H2,14,15). The van der Waals surface area contributed by atoms with Crippen LogP contribution in [0.3, 0.4) is 0 Å². The van der Waals surface area contributed by atoms with E-state index in [9.17, 15) is 0 Å². The summed E-state index contributed by atoms with van der Waals surface area (Å²) >= 11 is 0. The monoisotopic (exact) mass is 268 g/mol. The largest absolute Gasteiger partial charge is 0.490 e. The van der Waals surface area contributed by atoms with Crippen LogP contribution in [0.5, 0.6) is 11.5 Å². The van der Waals surface area contributed by atoms with Crippen LogP contribution < -0.4 is 15.2 Å². The van der Waals surface area contributed by atoms with Gasteiger partial charge in [0.15, 0.2) is 17.3 Å². The molecule has 0 atom stereocenters. The highest BCUT2D eigenvalue weighted by Gasteiger charge is 2.08. The molecule has 1 rings (SSSR count). The van der Waals surface area contributed by atoms with Crippen molar-refractivity contribution in [3.05, 3.63) is 23.8 Å². The second kappa shape index (κ2) is 8.20. The third-order valence-corrected chi connectivity index (χ3v) is 2.40. The van der Waals surface area contributed by atoms with Gasteiger partial charge in [-0.2, -0.15) is 0 Å². The van der Waals surface area contributed by atoms with Gasteiger partial charge in [-0.15, -0.1) is 0 Å². The zero-order valence-electron chi connectivity index (χ0n) is 11.3. The fourth-order valence-corrected chi connectivity index (χ4v) is 1.50. The summed E-state index contributed by atoms with van der Waals surface area (Å²) in [4.78, 5) is 0. The second-order valence-corrected chi connectivity index (χ2v) is 3.77. The molecule has 0 radical (unpaired) electrons. The average molecular weight is 268 g/mol. The summed E-state index contributed by atoms with van der Waals surface area (Å²) in [5.41, 5.74) is 6.12. The summed E-state index contributed by atoms with van der Waals surface area (Å²) in [7, 11) is 1.65. The molecule has 3 N–H and O–H groups in total. The zero-order chi connectivity index (χ0) is 14.1. The Bertz CT molecular complexity index is 421. The van der Waals surface area contributed by atoms with Gasteiger partial charge in [-0.3, -0.25) is 0 Å². The van der Waals surface area contributed by atoms with Crippen LogP contribution in [-0.4, -0.2) is 38.0 Å². The maximum Gasteiger partial charge on any atom is 0.170 e. The molecule has 0 amide bonds. The molecule has 6 nitrogen and oxygen atoms in total. The van der Waals surface area contributed by atoms with Crippen LogP contribution in [0.1, 0.15) is 18.9 Å². The van der Waals surface area contributed by atoms with Crippen molar-refractivity contribution in [2.75, 3.05) is 26.9 Å². The van der Waals surface area contributed by atoms with E-state index >= 15 is 0 Å². The van der Waals surface area contributed by atoms with Crippen molar-refractivity contribution in [3.63, 3.8) is 0 Å². The van der Waals surface area contributed by atoms with Crippen molar-refractivity contribution in [1.29, 1.82) is 0 Å². The molecule has 0 spiro atoms. The number of nitrogens with zero attached hydrogens (tertiary/aromatic N) is 1. The number of benzene rings is 1. The fraction of sp³-hybridized carbons (Fsp3) is 0.462. The van der Waals surface area contributed by atoms with E-state index in [0.29, 0.717) is 36.9 Å². The molecule has 0 aliphatic rings. The first-order valence-corrected chi connectivity index (χ1v) is 6.09. The molecule has 19 heavy (non-hydrogen) atoms. The van der Waals surface area contributed by atoms with Crippen molar-refractivity contribution >= 4 is 5.84 Å². The second-order valence-electron chi connectivity index (χ2n) is 3.77. The molecule has 0 saturated carbocycles. The predicted octanol–water partition coefficient (Wildman–Crippen LogP) is 1.60. The average Bonchev–Trinajstić information content (AvgIpc) is 2.44. The Balaban J connectivity index is 2.79. The van der Waals surface area contributed by atoms with E-state index in [1.807, 2.05) is 6.92 Å². The smallest absolute Gasteiger partial charge is 0.170 e. The fourth-order valence-electron chi connectivity index (χ4n) is 1.50. The van der Waals surface area contributed by atoms with Crippen LogP contribution in [0.2, 0.25) is 0 Å². The van der Waals surface area contributed by atoms with Gasteiger partial charge in [-0.25, -0.2) is 0 Å². The number of hydrogen-bond donors (Lipinski definition) is 2. The Hall–Kier alpha value is -1.95. The maximum atomic E-state index is 8.66. The minimum atomic E-state index is 0.0342. The number of methoxy groups -OCH3 is 1. The first kappa shape index (κ1) is 15.1. The molecule has 1 aromatic carbocycles. The molecule has 6 heteroatoms. The summed E-state index contributed by atoms with van der Waals surface area (Å²) < 4.78 is 16.0. The first-order valence-electron chi connectivity index (χ1n) is 6.09. The number of oxime groups is 1. The topological polar surface area (TPSA) is 86.3 Å². The summed E-state index contributed by atoms with van der Waals surface area (Å²) in [6.07, 6.45) is 0.796. The maximum absolute atomic E-state index is 8.66. The van der Waals surface area contributed by atoms with Gasteiger partial charge in [0.05, 0.1) is 13.2 Å². The zero-order valence-corrected chi connectivity index (χ0v) is 11.3. The number of rotatable bonds is 8. The van der Waals surface area contributed by atoms with Gasteiger partial charge in [0.25, 0.3) is 0 Å². The molecule has 0 bridgehead atoms. The SMILES string of the molecule is CCOc1cc(/C(N)=N/O)ccc1OCCCOC. The number of ether oxygens (including phenoxy) is 3. The highest BCUT2D eigenvalue weighted by molar-refractivity contribution is 5.97. The number of nitrogens with two attached hydrogens (primary N) is 1. The van der Waals surface area contributed by atoms with E-state index in [1.54, 1.807) is 25.3 Å². The van der Waals surface area contributed by atoms with Crippen LogP contribution in [0.4, 0.5) is 0 Å². The summed E-state index contributed by atoms with van der Waals surface area (Å²) in [5.74, 6) is 1.24. The van der Waals surface area contributed by atoms with Crippen LogP contribution in [-0.2, 0) is 4.74 Å². The van der Waals surface area contributed by atoms with Gasteiger partial charge in [0.1, 0.15) is 0 Å². The highest BCUT2D eigenvalue weighted by atomic mass is 16.5. The van der Waals surface area contributed by atoms with E-state index in [0.717, 1.165) is 6.42 Å². The summed E-state index contributed by atoms with van der Waals surface area (Å²) in [6, 6.07) is 5.14. The summed E-state index contributed by atoms with van der Waals surface area (Å²) in [6.45, 7) is 3.57. The van der Waals surface area contributed by atoms with Gasteiger partial charge >= 0.3 is 0 Å². The third-order valence-electron chi connectivity index (χ3n) is 2.40. The lowest BCUT2D eigenvalue weighted by molar-refractivity contribution is 0.170. The molecule has 0 saturated heterocycles. The van der Waals surface area contributed by atoms with E-state index in [2.05, 4.69) is 5.16 Å². The third kappa shape index (κ3) is 4.67. The lowest BCUT2D eigenvalue weighted by Gasteiger charge is -2.13. The number of amidine groups is 1. The Morgan fingerprint density at radius 2 is 2.05 bits per heavy atom. The molecule has 0 heterocycles. The summed E-state index contributed by atoms with van der Waals surface area (Å²) in [5, 5.41) is 11.6. The molecule has 1 aromatic rings. The van der Waals surface area contributed by atoms with Crippen LogP contribution in [0.25, 0.3) is 0 Å². The van der Waals surface area contributed by atoms with E-state index in [4.69, 9.17) is 25.2 Å². The van der Waals surface area contributed by atoms with Crippen molar-refractivity contribution in [1.82, 2.24) is 0 Å². The van der Waals surface area contributed by atoms with Gasteiger partial charge in [-0.05, 0) is 25.1 Å². The van der Waals surface area contributed by atoms with Crippen LogP contribution in [0.15, 0.2) is 23.4 Å².